The molecule has 0 aromatic heterocycles. The summed E-state index contributed by atoms with van der Waals surface area (Å²) < 4.78 is 6.22. The van der Waals surface area contributed by atoms with Gasteiger partial charge in [0.25, 0.3) is 0 Å². The number of hydrogen-bond acceptors (Lipinski definition) is 2. The zero-order valence-electron chi connectivity index (χ0n) is 4.89. The van der Waals surface area contributed by atoms with Crippen LogP contribution >= 0.6 is 0 Å². The molecule has 0 unspecified atom stereocenters. The van der Waals surface area contributed by atoms with Crippen LogP contribution in [0.25, 0.3) is 0 Å². The van der Waals surface area contributed by atoms with Gasteiger partial charge < -0.3 is 5.11 Å². The normalized spacial score (nSPS) is 16.0. The summed E-state index contributed by atoms with van der Waals surface area (Å²) in [7, 11) is 0. The summed E-state index contributed by atoms with van der Waals surface area (Å²) >= 11 is 0. The van der Waals surface area contributed by atoms with Gasteiger partial charge in [0.1, 0.15) is 6.10 Å². The highest BCUT2D eigenvalue weighted by atomic mass is 16.3. The molecule has 0 aliphatic heterocycles. The van der Waals surface area contributed by atoms with Gasteiger partial charge in [-0.25, -0.2) is 0 Å². The van der Waals surface area contributed by atoms with Gasteiger partial charge in [-0.15, -0.1) is 0 Å². The first-order valence-corrected chi connectivity index (χ1v) is 1.81. The summed E-state index contributed by atoms with van der Waals surface area (Å²) in [5, 5.41) is 3.91. The zero-order chi connectivity index (χ0) is 5.86. The lowest BCUT2D eigenvalue weighted by Gasteiger charge is -1.90. The summed E-state index contributed by atoms with van der Waals surface area (Å²) in [5.74, 6) is -0.116. The van der Waals surface area contributed by atoms with E-state index in [4.69, 9.17) is 1.43 Å². The maximum absolute atomic E-state index is 10.1. The van der Waals surface area contributed by atoms with Crippen molar-refractivity contribution in [1.82, 2.24) is 0 Å². The van der Waals surface area contributed by atoms with Crippen molar-refractivity contribution in [3.63, 3.8) is 0 Å². The number of hydrogen-bond donors (Lipinski definition) is 1. The number of ketones is 1. The third kappa shape index (κ3) is 1.91. The molecule has 0 saturated heterocycles. The van der Waals surface area contributed by atoms with Crippen LogP contribution in [0.4, 0.5) is 0 Å². The molecule has 1 N–H and O–H groups in total. The fourth-order valence-corrected chi connectivity index (χ4v) is 0. The number of carbonyl (C=O) groups is 1. The number of rotatable bonds is 2. The maximum Gasteiger partial charge on any atom is 0.211 e. The summed E-state index contributed by atoms with van der Waals surface area (Å²) in [6.45, 7) is 2.93. The molecule has 2 nitrogen and oxygen atoms in total. The Hall–Kier alpha value is -0.370. The van der Waals surface area contributed by atoms with Crippen molar-refractivity contribution in [1.29, 1.82) is 1.43 Å². The molecule has 0 rings (SSSR count). The Morgan fingerprint density at radius 3 is 2.67 bits per heavy atom. The van der Waals surface area contributed by atoms with Crippen molar-refractivity contribution < 1.29 is 9.90 Å². The van der Waals surface area contributed by atoms with Crippen LogP contribution in [0, 0.1) is 0 Å². The van der Waals surface area contributed by atoms with Crippen LogP contribution in [-0.4, -0.2) is 18.4 Å². The van der Waals surface area contributed by atoms with Gasteiger partial charge in [-0.1, -0.05) is 0 Å². The molecular weight excluding hydrogens is 80.0 g/mol. The Morgan fingerprint density at radius 1 is 2.17 bits per heavy atom. The minimum atomic E-state index is -0.569. The van der Waals surface area contributed by atoms with Crippen molar-refractivity contribution in [2.75, 3.05) is 0 Å². The van der Waals surface area contributed by atoms with E-state index < -0.39 is 6.10 Å². The standard InChI is InChI=1S/C4H8O2/c1-3(5)4(2)6/h3,5H,1-2H3/t3-/m1/s1/i5T. The lowest BCUT2D eigenvalue weighted by atomic mass is 10.3. The Labute approximate surface area is 38.3 Å². The highest BCUT2D eigenvalue weighted by molar-refractivity contribution is 5.79. The van der Waals surface area contributed by atoms with Crippen LogP contribution < -0.4 is 0 Å². The Kier molecular flexibility index (Phi) is 1.22. The molecule has 1 atom stereocenters. The first kappa shape index (κ1) is 3.81. The number of aliphatic hydroxyl groups is 1. The van der Waals surface area contributed by atoms with Crippen LogP contribution in [0.1, 0.15) is 13.8 Å². The first-order valence-electron chi connectivity index (χ1n) is 2.21. The first-order chi connectivity index (χ1) is 3.18. The van der Waals surface area contributed by atoms with Crippen LogP contribution in [0.15, 0.2) is 0 Å². The van der Waals surface area contributed by atoms with Gasteiger partial charge in [-0.05, 0) is 13.8 Å². The highest BCUT2D eigenvalue weighted by Gasteiger charge is 1.97. The fraction of sp³-hybridized carbons (Fsp3) is 0.750. The molecule has 0 aromatic carbocycles. The van der Waals surface area contributed by atoms with Crippen molar-refractivity contribution >= 4 is 5.78 Å². The van der Waals surface area contributed by atoms with E-state index in [9.17, 15) is 4.79 Å². The van der Waals surface area contributed by atoms with Gasteiger partial charge in [0.15, 0.2) is 5.78 Å². The van der Waals surface area contributed by atoms with E-state index in [0.29, 0.717) is 0 Å². The molecule has 36 valence electrons. The molecule has 0 spiro atoms. The van der Waals surface area contributed by atoms with Gasteiger partial charge in [-0.2, -0.15) is 0 Å². The molecular formula is C4H8O2. The fourth-order valence-electron chi connectivity index (χ4n) is 0. The van der Waals surface area contributed by atoms with E-state index in [-0.39, 0.29) is 5.78 Å². The molecule has 0 fully saturated rings. The Bertz CT molecular complexity index is 72.1. The molecule has 0 aliphatic rings. The second-order valence-electron chi connectivity index (χ2n) is 1.25. The molecule has 0 amide bonds. The van der Waals surface area contributed by atoms with Crippen LogP contribution in [0.3, 0.4) is 0 Å². The van der Waals surface area contributed by atoms with E-state index in [1.807, 2.05) is 0 Å². The summed E-state index contributed by atoms with van der Waals surface area (Å²) in [6.07, 6.45) is -0.569. The number of carbonyl (C=O) groups excluding carboxylic acids is 1. The zero-order valence-corrected chi connectivity index (χ0v) is 3.89. The van der Waals surface area contributed by atoms with Crippen LogP contribution in [0.5, 0.6) is 0 Å². The van der Waals surface area contributed by atoms with Gasteiger partial charge in [0, 0.05) is 0 Å². The van der Waals surface area contributed by atoms with Crippen LogP contribution in [-0.2, 0) is 4.79 Å². The van der Waals surface area contributed by atoms with E-state index >= 15 is 0 Å². The van der Waals surface area contributed by atoms with Crippen molar-refractivity contribution in [2.45, 2.75) is 20.0 Å². The lowest BCUT2D eigenvalue weighted by molar-refractivity contribution is -0.124. The minimum absolute atomic E-state index is 0.116. The molecule has 0 heterocycles. The van der Waals surface area contributed by atoms with Gasteiger partial charge >= 0.3 is 0 Å². The topological polar surface area (TPSA) is 37.3 Å². The molecule has 0 saturated carbocycles. The quantitative estimate of drug-likeness (QED) is 0.516. The van der Waals surface area contributed by atoms with Gasteiger partial charge in [0.05, 0.1) is 0 Å². The van der Waals surface area contributed by atoms with E-state index in [0.717, 1.165) is 0 Å². The summed E-state index contributed by atoms with van der Waals surface area (Å²) in [5.41, 5.74) is 0. The van der Waals surface area contributed by atoms with E-state index in [1.54, 1.807) is 0 Å². The maximum atomic E-state index is 10.1. The Balaban J connectivity index is 3.34. The molecule has 2 heteroatoms. The van der Waals surface area contributed by atoms with E-state index in [2.05, 4.69) is 5.11 Å². The summed E-state index contributed by atoms with van der Waals surface area (Å²) in [6, 6.07) is 0. The molecule has 6 heavy (non-hydrogen) atoms. The third-order valence-corrected chi connectivity index (χ3v) is 0.572. The third-order valence-electron chi connectivity index (χ3n) is 0.572. The molecule has 0 aromatic rings. The predicted molar refractivity (Wildman–Crippen MR) is 22.4 cm³/mol. The lowest BCUT2D eigenvalue weighted by Crippen LogP contribution is -2.10. The predicted octanol–water partition coefficient (Wildman–Crippen LogP) is -0.0438. The smallest absolute Gasteiger partial charge is 0.211 e. The average Bonchev–Trinajstić information content (AvgIpc) is 1.65. The van der Waals surface area contributed by atoms with Crippen molar-refractivity contribution in [3.8, 4) is 0 Å². The Morgan fingerprint density at radius 2 is 2.67 bits per heavy atom. The minimum Gasteiger partial charge on any atom is -0.386 e. The molecule has 0 radical (unpaired) electrons. The molecule has 0 bridgehead atoms. The number of aliphatic hydroxyl groups excluding tert-OH is 1. The average molecular weight is 90.1 g/mol. The second kappa shape index (κ2) is 1.92. The molecule has 0 aliphatic carbocycles. The van der Waals surface area contributed by atoms with Crippen molar-refractivity contribution in [3.05, 3.63) is 0 Å². The van der Waals surface area contributed by atoms with Gasteiger partial charge in [0.2, 0.25) is 1.43 Å². The summed E-state index contributed by atoms with van der Waals surface area (Å²) in [4.78, 5) is 10.1. The van der Waals surface area contributed by atoms with E-state index in [1.165, 1.54) is 13.8 Å². The van der Waals surface area contributed by atoms with Gasteiger partial charge in [-0.3, -0.25) is 4.79 Å². The monoisotopic (exact) mass is 90.1 g/mol. The van der Waals surface area contributed by atoms with Crippen molar-refractivity contribution in [2.24, 2.45) is 0 Å². The second-order valence-corrected chi connectivity index (χ2v) is 1.25. The largest absolute Gasteiger partial charge is 0.386 e. The SMILES string of the molecule is [3H]O[C@H](C)C(C)=O. The number of Topliss-reactive ketones (excluding diaryl/α,β-unsaturated/α-hetero) is 1. The van der Waals surface area contributed by atoms with Crippen LogP contribution in [0.2, 0.25) is 0 Å². The highest BCUT2D eigenvalue weighted by Crippen LogP contribution is 1.76.